The number of esters is 2. The SMILES string of the molecule is C.C1CCOC1.COC(=O)COCc1ccccc1.C[O-].[2H]C([2H])(C=O)OCc1ccccc1.[2H]C([2H])(OCc1ccccc1)C(=O)OC.[2H]OC.[Na+]. The van der Waals surface area contributed by atoms with Crippen molar-refractivity contribution in [2.75, 3.05) is 61.4 Å². The molecule has 11 nitrogen and oxygen atoms in total. The van der Waals surface area contributed by atoms with Crippen molar-refractivity contribution in [1.82, 2.24) is 0 Å². The van der Waals surface area contributed by atoms with Crippen LogP contribution in [0.15, 0.2) is 91.0 Å². The van der Waals surface area contributed by atoms with Gasteiger partial charge >= 0.3 is 41.5 Å². The number of hydrogen-bond donors (Lipinski definition) is 1. The molecule has 0 spiro atoms. The molecule has 0 aliphatic carbocycles. The van der Waals surface area contributed by atoms with Crippen LogP contribution in [0.4, 0.5) is 0 Å². The average Bonchev–Trinajstić information content (AvgIpc) is 3.77. The van der Waals surface area contributed by atoms with E-state index in [0.717, 1.165) is 44.1 Å². The van der Waals surface area contributed by atoms with E-state index in [2.05, 4.69) is 14.6 Å². The summed E-state index contributed by atoms with van der Waals surface area (Å²) in [5.41, 5.74) is 2.69. The summed E-state index contributed by atoms with van der Waals surface area (Å²) in [5.74, 6) is -1.38. The molecule has 3 aromatic rings. The number of ether oxygens (including phenoxy) is 6. The van der Waals surface area contributed by atoms with E-state index in [1.165, 1.54) is 27.1 Å². The molecule has 0 radical (unpaired) electrons. The summed E-state index contributed by atoms with van der Waals surface area (Å²) in [6.07, 6.45) is 2.70. The maximum atomic E-state index is 10.9. The van der Waals surface area contributed by atoms with Gasteiger partial charge in [-0.2, -0.15) is 7.11 Å². The van der Waals surface area contributed by atoms with Gasteiger partial charge in [-0.25, -0.2) is 9.59 Å². The Morgan fingerprint density at radius 1 is 0.771 bits per heavy atom. The summed E-state index contributed by atoms with van der Waals surface area (Å²) in [7, 11) is 4.50. The van der Waals surface area contributed by atoms with Crippen LogP contribution >= 0.6 is 0 Å². The molecule has 264 valence electrons. The molecule has 0 saturated carbocycles. The third kappa shape index (κ3) is 34.4. The van der Waals surface area contributed by atoms with E-state index in [1.807, 2.05) is 66.7 Å². The van der Waals surface area contributed by atoms with E-state index < -0.39 is 19.1 Å². The number of rotatable bonds is 12. The van der Waals surface area contributed by atoms with Crippen LogP contribution in [0, 0.1) is 0 Å². The maximum absolute atomic E-state index is 10.9. The number of carbonyl (C=O) groups is 3. The summed E-state index contributed by atoms with van der Waals surface area (Å²) < 4.78 is 62.5. The Balaban J connectivity index is -0.000000296. The van der Waals surface area contributed by atoms with Gasteiger partial charge < -0.3 is 43.4 Å². The predicted octanol–water partition coefficient (Wildman–Crippen LogP) is 1.18. The Morgan fingerprint density at radius 3 is 1.48 bits per heavy atom. The topological polar surface area (TPSA) is 150 Å². The molecule has 1 aliphatic rings. The molecule has 1 N–H and O–H groups in total. The third-order valence-electron chi connectivity index (χ3n) is 5.02. The molecular formula is C36H53NaO11. The second kappa shape index (κ2) is 42.1. The van der Waals surface area contributed by atoms with Crippen LogP contribution in [-0.4, -0.2) is 86.1 Å². The Morgan fingerprint density at radius 2 is 1.15 bits per heavy atom. The molecule has 0 unspecified atom stereocenters. The van der Waals surface area contributed by atoms with Gasteiger partial charge in [-0.1, -0.05) is 98.4 Å². The number of hydrogen-bond acceptors (Lipinski definition) is 11. The van der Waals surface area contributed by atoms with Gasteiger partial charge in [0, 0.05) is 20.3 Å². The fourth-order valence-corrected chi connectivity index (χ4v) is 2.92. The summed E-state index contributed by atoms with van der Waals surface area (Å²) >= 11 is 0. The van der Waals surface area contributed by atoms with Crippen molar-refractivity contribution >= 4 is 18.2 Å². The van der Waals surface area contributed by atoms with Crippen molar-refractivity contribution < 1.29 is 88.1 Å². The molecule has 4 rings (SSSR count). The monoisotopic (exact) mass is 689 g/mol. The summed E-state index contributed by atoms with van der Waals surface area (Å²) in [6, 6.07) is 27.8. The molecule has 12 heteroatoms. The Bertz CT molecular complexity index is 1250. The van der Waals surface area contributed by atoms with E-state index in [0.29, 0.717) is 6.61 Å². The van der Waals surface area contributed by atoms with Crippen molar-refractivity contribution in [3.63, 3.8) is 0 Å². The van der Waals surface area contributed by atoms with Crippen LogP contribution in [0.1, 0.15) is 42.4 Å². The first-order chi connectivity index (χ1) is 24.4. The third-order valence-corrected chi connectivity index (χ3v) is 5.02. The largest absolute Gasteiger partial charge is 1.00 e. The van der Waals surface area contributed by atoms with Crippen molar-refractivity contribution in [2.24, 2.45) is 0 Å². The summed E-state index contributed by atoms with van der Waals surface area (Å²) in [4.78, 5) is 31.7. The fourth-order valence-electron chi connectivity index (χ4n) is 2.92. The molecule has 0 atom stereocenters. The minimum atomic E-state index is -2.40. The second-order valence-corrected chi connectivity index (χ2v) is 8.25. The Labute approximate surface area is 315 Å². The molecule has 0 aromatic heterocycles. The summed E-state index contributed by atoms with van der Waals surface area (Å²) in [6.45, 7) is -2.00. The maximum Gasteiger partial charge on any atom is 1.00 e. The molecule has 3 aromatic carbocycles. The first-order valence-electron chi connectivity index (χ1n) is 16.4. The molecule has 1 aliphatic heterocycles. The number of aliphatic hydroxyl groups excluding tert-OH is 1. The molecule has 1 heterocycles. The van der Waals surface area contributed by atoms with E-state index in [1.54, 1.807) is 24.3 Å². The molecular weight excluding hydrogens is 631 g/mol. The van der Waals surface area contributed by atoms with Crippen LogP contribution in [0.5, 0.6) is 0 Å². The van der Waals surface area contributed by atoms with E-state index >= 15 is 0 Å². The van der Waals surface area contributed by atoms with E-state index in [4.69, 9.17) is 31.0 Å². The number of aldehydes is 1. The zero-order chi connectivity index (χ0) is 38.8. The van der Waals surface area contributed by atoms with Crippen LogP contribution < -0.4 is 34.7 Å². The average molecular weight is 690 g/mol. The molecule has 0 bridgehead atoms. The quantitative estimate of drug-likeness (QED) is 0.166. The number of carbonyl (C=O) groups excluding carboxylic acids is 3. The van der Waals surface area contributed by atoms with Crippen LogP contribution in [0.3, 0.4) is 0 Å². The van der Waals surface area contributed by atoms with Crippen LogP contribution in [0.25, 0.3) is 0 Å². The van der Waals surface area contributed by atoms with Gasteiger partial charge in [0.15, 0.2) is 0 Å². The molecule has 1 fully saturated rings. The van der Waals surface area contributed by atoms with Crippen molar-refractivity contribution in [3.8, 4) is 0 Å². The first kappa shape index (κ1) is 41.2. The zero-order valence-corrected chi connectivity index (χ0v) is 29.9. The van der Waals surface area contributed by atoms with Gasteiger partial charge in [0.05, 0.1) is 39.5 Å². The Kier molecular flexibility index (Phi) is 36.1. The smallest absolute Gasteiger partial charge is 0.857 e. The number of benzene rings is 3. The van der Waals surface area contributed by atoms with Crippen molar-refractivity contribution in [1.29, 1.82) is 1.43 Å². The van der Waals surface area contributed by atoms with Gasteiger partial charge in [0.1, 0.15) is 26.0 Å². The van der Waals surface area contributed by atoms with Gasteiger partial charge in [-0.05, 0) is 29.5 Å². The van der Waals surface area contributed by atoms with Crippen LogP contribution in [0.2, 0.25) is 0 Å². The molecule has 0 amide bonds. The molecule has 1 saturated heterocycles. The van der Waals surface area contributed by atoms with E-state index in [9.17, 15) is 14.4 Å². The Hall–Kier alpha value is -2.97. The number of methoxy groups -OCH3 is 2. The minimum Gasteiger partial charge on any atom is -0.857 e. The normalized spacial score (nSPS) is 12.2. The summed E-state index contributed by atoms with van der Waals surface area (Å²) in [5, 5.41) is 11.8. The first-order valence-corrected chi connectivity index (χ1v) is 14.0. The van der Waals surface area contributed by atoms with E-state index in [-0.39, 0.29) is 69.1 Å². The zero-order valence-electron chi connectivity index (χ0n) is 32.9. The van der Waals surface area contributed by atoms with Crippen molar-refractivity contribution in [2.45, 2.75) is 40.1 Å². The van der Waals surface area contributed by atoms with Gasteiger partial charge in [-0.15, -0.1) is 0 Å². The minimum absolute atomic E-state index is 0. The number of aliphatic hydroxyl groups is 1. The van der Waals surface area contributed by atoms with Gasteiger partial charge in [0.25, 0.3) is 0 Å². The van der Waals surface area contributed by atoms with Crippen molar-refractivity contribution in [3.05, 3.63) is 108 Å². The fraction of sp³-hybridized carbons (Fsp3) is 0.417. The molecule has 48 heavy (non-hydrogen) atoms. The van der Waals surface area contributed by atoms with Gasteiger partial charge in [0.2, 0.25) is 1.43 Å². The van der Waals surface area contributed by atoms with Gasteiger partial charge in [-0.3, -0.25) is 0 Å². The van der Waals surface area contributed by atoms with Crippen LogP contribution in [-0.2, 0) is 62.6 Å². The standard InChI is InChI=1S/2C10H12O3.C9H10O2.C4H8O.CH4O.CH3O.CH4.Na/c2*1-12-10(11)8-13-7-9-5-3-2-4-6-9;10-6-7-11-8-9-4-2-1-3-5-9;1-2-4-5-3-1;2*1-2;;/h2*2-6H,7-8H2,1H3;1-6H,7-8H2;1-4H2;2H,1H3;1H3;1H4;/q;;;;;-1;;+1/i8D2;;7D2;;2D;;;. The second-order valence-electron chi connectivity index (χ2n) is 8.25. The predicted molar refractivity (Wildman–Crippen MR) is 179 cm³/mol.